The Kier molecular flexibility index (Phi) is 4.87. The topological polar surface area (TPSA) is 71.5 Å². The zero-order valence-electron chi connectivity index (χ0n) is 5.32. The molecular weight excluding hydrogens is 136 g/mol. The third kappa shape index (κ3) is 4.71. The van der Waals surface area contributed by atoms with Crippen molar-refractivity contribution in [1.82, 2.24) is 0 Å². The first-order chi connectivity index (χ1) is 4.81. The summed E-state index contributed by atoms with van der Waals surface area (Å²) in [5, 5.41) is 7.87. The first kappa shape index (κ1) is 8.56. The highest BCUT2D eigenvalue weighted by Crippen LogP contribution is 1.82. The smallest absolute Gasteiger partial charge is 0.338 e. The van der Waals surface area contributed by atoms with Gasteiger partial charge in [-0.1, -0.05) is 0 Å². The zero-order valence-corrected chi connectivity index (χ0v) is 5.32. The van der Waals surface area contributed by atoms with Crippen molar-refractivity contribution >= 4 is 12.3 Å². The standard InChI is InChI=1S/C5H7N2O3/c6-7-2-4-10-5(9)1-3-8/h3H,1-2,4H2/q+1. The van der Waals surface area contributed by atoms with E-state index in [2.05, 4.69) is 9.71 Å². The fourth-order valence-corrected chi connectivity index (χ4v) is 0.327. The van der Waals surface area contributed by atoms with Crippen molar-refractivity contribution in [2.75, 3.05) is 13.2 Å². The van der Waals surface area contributed by atoms with E-state index in [9.17, 15) is 9.59 Å². The van der Waals surface area contributed by atoms with Crippen LogP contribution in [0.25, 0.3) is 4.98 Å². The van der Waals surface area contributed by atoms with Crippen molar-refractivity contribution in [3.05, 3.63) is 4.98 Å². The number of hydrogen-bond donors (Lipinski definition) is 0. The Morgan fingerprint density at radius 3 is 2.90 bits per heavy atom. The van der Waals surface area contributed by atoms with Crippen molar-refractivity contribution in [1.29, 1.82) is 5.39 Å². The van der Waals surface area contributed by atoms with Crippen LogP contribution in [-0.4, -0.2) is 25.4 Å². The van der Waals surface area contributed by atoms with Gasteiger partial charge in [0.1, 0.15) is 17.7 Å². The molecule has 0 rings (SSSR count). The summed E-state index contributed by atoms with van der Waals surface area (Å²) in [7, 11) is 0. The Morgan fingerprint density at radius 1 is 1.70 bits per heavy atom. The van der Waals surface area contributed by atoms with E-state index in [1.165, 1.54) is 0 Å². The van der Waals surface area contributed by atoms with Crippen molar-refractivity contribution in [3.8, 4) is 0 Å². The molecule has 0 amide bonds. The highest BCUT2D eigenvalue weighted by atomic mass is 16.5. The summed E-state index contributed by atoms with van der Waals surface area (Å²) in [5.74, 6) is -0.598. The molecule has 0 aromatic carbocycles. The van der Waals surface area contributed by atoms with Gasteiger partial charge in [0.05, 0.1) is 0 Å². The van der Waals surface area contributed by atoms with Gasteiger partial charge in [-0.25, -0.2) is 0 Å². The second kappa shape index (κ2) is 5.69. The molecule has 0 spiro atoms. The molecule has 0 aliphatic carbocycles. The van der Waals surface area contributed by atoms with Gasteiger partial charge in [-0.3, -0.25) is 4.79 Å². The van der Waals surface area contributed by atoms with Crippen LogP contribution in [0.3, 0.4) is 0 Å². The SMILES string of the molecule is N#[N+]CCOC(=O)CC=O. The van der Waals surface area contributed by atoms with Gasteiger partial charge >= 0.3 is 12.5 Å². The Morgan fingerprint density at radius 2 is 2.40 bits per heavy atom. The van der Waals surface area contributed by atoms with E-state index in [0.29, 0.717) is 6.29 Å². The lowest BCUT2D eigenvalue weighted by atomic mass is 10.5. The number of nitrogens with zero attached hydrogens (tertiary/aromatic N) is 2. The van der Waals surface area contributed by atoms with Gasteiger partial charge in [0.2, 0.25) is 5.39 Å². The van der Waals surface area contributed by atoms with Gasteiger partial charge in [0.15, 0.2) is 6.61 Å². The molecule has 0 N–H and O–H groups in total. The number of aldehydes is 1. The van der Waals surface area contributed by atoms with Crippen molar-refractivity contribution < 1.29 is 14.3 Å². The van der Waals surface area contributed by atoms with Gasteiger partial charge < -0.3 is 9.53 Å². The van der Waals surface area contributed by atoms with E-state index in [0.717, 1.165) is 0 Å². The van der Waals surface area contributed by atoms with Gasteiger partial charge in [-0.05, 0) is 0 Å². The maximum absolute atomic E-state index is 10.3. The zero-order chi connectivity index (χ0) is 7.82. The fraction of sp³-hybridized carbons (Fsp3) is 0.600. The maximum Gasteiger partial charge on any atom is 0.338 e. The van der Waals surface area contributed by atoms with Gasteiger partial charge in [-0.2, -0.15) is 0 Å². The average molecular weight is 143 g/mol. The Labute approximate surface area is 57.6 Å². The lowest BCUT2D eigenvalue weighted by Crippen LogP contribution is -2.07. The van der Waals surface area contributed by atoms with Crippen molar-refractivity contribution in [2.24, 2.45) is 0 Å². The summed E-state index contributed by atoms with van der Waals surface area (Å²) in [5.41, 5.74) is 0. The molecule has 0 heterocycles. The van der Waals surface area contributed by atoms with Crippen LogP contribution in [0.5, 0.6) is 0 Å². The largest absolute Gasteiger partial charge is 0.457 e. The third-order valence-electron chi connectivity index (χ3n) is 0.704. The summed E-state index contributed by atoms with van der Waals surface area (Å²) in [6, 6.07) is 0. The minimum atomic E-state index is -0.598. The molecule has 5 nitrogen and oxygen atoms in total. The highest BCUT2D eigenvalue weighted by molar-refractivity contribution is 5.83. The lowest BCUT2D eigenvalue weighted by molar-refractivity contribution is -0.143. The van der Waals surface area contributed by atoms with Gasteiger partial charge in [-0.15, -0.1) is 0 Å². The van der Waals surface area contributed by atoms with Gasteiger partial charge in [0.25, 0.3) is 0 Å². The second-order valence-electron chi connectivity index (χ2n) is 1.46. The summed E-state index contributed by atoms with van der Waals surface area (Å²) < 4.78 is 4.40. The first-order valence-electron chi connectivity index (χ1n) is 2.71. The number of carbonyl (C=O) groups excluding carboxylic acids is 2. The second-order valence-corrected chi connectivity index (χ2v) is 1.46. The maximum atomic E-state index is 10.3. The molecule has 0 aliphatic rings. The monoisotopic (exact) mass is 143 g/mol. The quantitative estimate of drug-likeness (QED) is 0.182. The van der Waals surface area contributed by atoms with Gasteiger partial charge in [0, 0.05) is 0 Å². The molecule has 10 heavy (non-hydrogen) atoms. The summed E-state index contributed by atoms with van der Waals surface area (Å²) in [4.78, 5) is 22.7. The third-order valence-corrected chi connectivity index (χ3v) is 0.704. The fourth-order valence-electron chi connectivity index (χ4n) is 0.327. The summed E-state index contributed by atoms with van der Waals surface area (Å²) in [6.07, 6.45) is 0.212. The average Bonchev–Trinajstić information content (AvgIpc) is 1.89. The van der Waals surface area contributed by atoms with E-state index >= 15 is 0 Å². The normalized spacial score (nSPS) is 7.90. The Hall–Kier alpha value is -1.44. The molecule has 0 atom stereocenters. The van der Waals surface area contributed by atoms with Crippen LogP contribution in [0, 0.1) is 5.39 Å². The van der Waals surface area contributed by atoms with E-state index in [1.807, 2.05) is 0 Å². The molecule has 0 saturated carbocycles. The first-order valence-corrected chi connectivity index (χ1v) is 2.71. The molecule has 0 aromatic rings. The lowest BCUT2D eigenvalue weighted by Gasteiger charge is -1.92. The predicted molar refractivity (Wildman–Crippen MR) is 31.6 cm³/mol. The number of esters is 1. The molecule has 0 bridgehead atoms. The number of hydrogen-bond acceptors (Lipinski definition) is 4. The molecule has 0 unspecified atom stereocenters. The molecule has 0 aromatic heterocycles. The van der Waals surface area contributed by atoms with Crippen LogP contribution < -0.4 is 0 Å². The summed E-state index contributed by atoms with van der Waals surface area (Å²) >= 11 is 0. The number of diazo groups is 1. The Balaban J connectivity index is 3.23. The molecule has 0 fully saturated rings. The Bertz CT molecular complexity index is 161. The number of ether oxygens (including phenoxy) is 1. The van der Waals surface area contributed by atoms with Crippen LogP contribution in [0.15, 0.2) is 0 Å². The van der Waals surface area contributed by atoms with Crippen LogP contribution in [0.2, 0.25) is 0 Å². The molecule has 0 saturated heterocycles. The molecule has 0 radical (unpaired) electrons. The van der Waals surface area contributed by atoms with E-state index < -0.39 is 5.97 Å². The van der Waals surface area contributed by atoms with E-state index in [1.54, 1.807) is 0 Å². The minimum absolute atomic E-state index is 0.0170. The van der Waals surface area contributed by atoms with Crippen LogP contribution in [-0.2, 0) is 14.3 Å². The summed E-state index contributed by atoms with van der Waals surface area (Å²) in [6.45, 7) is 0.0633. The van der Waals surface area contributed by atoms with E-state index in [-0.39, 0.29) is 19.6 Å². The number of carbonyl (C=O) groups is 2. The minimum Gasteiger partial charge on any atom is -0.457 e. The van der Waals surface area contributed by atoms with Crippen LogP contribution in [0.4, 0.5) is 0 Å². The van der Waals surface area contributed by atoms with Crippen LogP contribution >= 0.6 is 0 Å². The molecule has 0 aliphatic heterocycles. The van der Waals surface area contributed by atoms with Crippen molar-refractivity contribution in [3.63, 3.8) is 0 Å². The van der Waals surface area contributed by atoms with Crippen molar-refractivity contribution in [2.45, 2.75) is 6.42 Å². The van der Waals surface area contributed by atoms with Crippen LogP contribution in [0.1, 0.15) is 6.42 Å². The number of rotatable bonds is 4. The predicted octanol–water partition coefficient (Wildman–Crippen LogP) is -0.0283. The molecule has 5 heteroatoms. The molecule has 54 valence electrons. The van der Waals surface area contributed by atoms with E-state index in [4.69, 9.17) is 5.39 Å². The highest BCUT2D eigenvalue weighted by Gasteiger charge is 2.02. The molecular formula is C5H7N2O3+.